The first-order valence-electron chi connectivity index (χ1n) is 6.28. The van der Waals surface area contributed by atoms with Crippen LogP contribution in [0.15, 0.2) is 24.3 Å². The van der Waals surface area contributed by atoms with Gasteiger partial charge in [0.2, 0.25) is 0 Å². The number of benzene rings is 1. The molecule has 3 rings (SSSR count). The van der Waals surface area contributed by atoms with Gasteiger partial charge in [0.25, 0.3) is 0 Å². The van der Waals surface area contributed by atoms with Gasteiger partial charge in [-0.15, -0.1) is 0 Å². The molecule has 2 nitrogen and oxygen atoms in total. The molecular formula is C14H18O2. The molecule has 86 valence electrons. The quantitative estimate of drug-likeness (QED) is 0.785. The van der Waals surface area contributed by atoms with Crippen molar-refractivity contribution in [1.82, 2.24) is 0 Å². The first kappa shape index (κ1) is 10.2. The Hall–Kier alpha value is -1.02. The lowest BCUT2D eigenvalue weighted by Gasteiger charge is -2.33. The number of ether oxygens (including phenoxy) is 1. The smallest absolute Gasteiger partial charge is 0.125 e. The summed E-state index contributed by atoms with van der Waals surface area (Å²) in [5, 5.41) is 10.1. The van der Waals surface area contributed by atoms with E-state index in [2.05, 4.69) is 0 Å². The maximum absolute atomic E-state index is 10.1. The van der Waals surface area contributed by atoms with Crippen LogP contribution in [-0.4, -0.2) is 11.2 Å². The van der Waals surface area contributed by atoms with Crippen LogP contribution >= 0.6 is 0 Å². The molecule has 1 unspecified atom stereocenters. The van der Waals surface area contributed by atoms with Crippen LogP contribution in [-0.2, 0) is 0 Å². The van der Waals surface area contributed by atoms with Crippen LogP contribution in [0.25, 0.3) is 0 Å². The van der Waals surface area contributed by atoms with Crippen molar-refractivity contribution >= 4 is 0 Å². The van der Waals surface area contributed by atoms with Crippen molar-refractivity contribution in [2.75, 3.05) is 0 Å². The van der Waals surface area contributed by atoms with Gasteiger partial charge in [-0.1, -0.05) is 31.0 Å². The van der Waals surface area contributed by atoms with Crippen LogP contribution < -0.4 is 4.74 Å². The summed E-state index contributed by atoms with van der Waals surface area (Å²) in [6, 6.07) is 7.87. The SMILES string of the molecule is O[C@@H]1CC(C2CCCC2)Oc2ccccc21. The van der Waals surface area contributed by atoms with Crippen LogP contribution in [0.1, 0.15) is 43.8 Å². The van der Waals surface area contributed by atoms with E-state index in [4.69, 9.17) is 4.74 Å². The van der Waals surface area contributed by atoms with Crippen molar-refractivity contribution in [3.63, 3.8) is 0 Å². The average molecular weight is 218 g/mol. The van der Waals surface area contributed by atoms with Crippen LogP contribution in [0.3, 0.4) is 0 Å². The van der Waals surface area contributed by atoms with E-state index >= 15 is 0 Å². The van der Waals surface area contributed by atoms with E-state index in [1.165, 1.54) is 25.7 Å². The van der Waals surface area contributed by atoms with Gasteiger partial charge in [-0.3, -0.25) is 0 Å². The predicted octanol–water partition coefficient (Wildman–Crippen LogP) is 3.06. The highest BCUT2D eigenvalue weighted by atomic mass is 16.5. The molecule has 1 aliphatic heterocycles. The summed E-state index contributed by atoms with van der Waals surface area (Å²) in [5.74, 6) is 1.54. The first-order valence-corrected chi connectivity index (χ1v) is 6.28. The Kier molecular flexibility index (Phi) is 2.60. The minimum Gasteiger partial charge on any atom is -0.490 e. The fourth-order valence-electron chi connectivity index (χ4n) is 3.04. The third-order valence-corrected chi connectivity index (χ3v) is 3.94. The minimum absolute atomic E-state index is 0.229. The van der Waals surface area contributed by atoms with Gasteiger partial charge >= 0.3 is 0 Å². The van der Waals surface area contributed by atoms with Gasteiger partial charge in [0, 0.05) is 12.0 Å². The third-order valence-electron chi connectivity index (χ3n) is 3.94. The van der Waals surface area contributed by atoms with Gasteiger partial charge in [0.15, 0.2) is 0 Å². The Labute approximate surface area is 96.2 Å². The fraction of sp³-hybridized carbons (Fsp3) is 0.571. The third kappa shape index (κ3) is 1.71. The zero-order valence-electron chi connectivity index (χ0n) is 9.43. The van der Waals surface area contributed by atoms with Crippen molar-refractivity contribution in [2.24, 2.45) is 5.92 Å². The first-order chi connectivity index (χ1) is 7.84. The second-order valence-electron chi connectivity index (χ2n) is 4.99. The molecule has 2 aliphatic rings. The van der Waals surface area contributed by atoms with Gasteiger partial charge in [-0.05, 0) is 24.8 Å². The highest BCUT2D eigenvalue weighted by Gasteiger charge is 2.33. The highest BCUT2D eigenvalue weighted by molar-refractivity contribution is 5.37. The Morgan fingerprint density at radius 1 is 1.12 bits per heavy atom. The van der Waals surface area contributed by atoms with Crippen LogP contribution in [0.5, 0.6) is 5.75 Å². The molecule has 0 amide bonds. The predicted molar refractivity (Wildman–Crippen MR) is 62.4 cm³/mol. The summed E-state index contributed by atoms with van der Waals surface area (Å²) >= 11 is 0. The van der Waals surface area contributed by atoms with E-state index in [9.17, 15) is 5.11 Å². The molecule has 0 bridgehead atoms. The molecule has 1 saturated carbocycles. The largest absolute Gasteiger partial charge is 0.490 e. The number of hydrogen-bond acceptors (Lipinski definition) is 2. The van der Waals surface area contributed by atoms with Gasteiger partial charge in [0.1, 0.15) is 11.9 Å². The van der Waals surface area contributed by atoms with Crippen molar-refractivity contribution in [2.45, 2.75) is 44.3 Å². The topological polar surface area (TPSA) is 29.5 Å². The second kappa shape index (κ2) is 4.10. The lowest BCUT2D eigenvalue weighted by atomic mass is 9.90. The molecule has 2 atom stereocenters. The Bertz CT molecular complexity index is 369. The molecule has 1 N–H and O–H groups in total. The van der Waals surface area contributed by atoms with Gasteiger partial charge < -0.3 is 9.84 Å². The summed E-state index contributed by atoms with van der Waals surface area (Å²) in [4.78, 5) is 0. The molecule has 2 heteroatoms. The maximum Gasteiger partial charge on any atom is 0.125 e. The lowest BCUT2D eigenvalue weighted by Crippen LogP contribution is -2.31. The van der Waals surface area contributed by atoms with E-state index in [1.54, 1.807) is 0 Å². The molecule has 0 saturated heterocycles. The molecule has 0 aromatic heterocycles. The van der Waals surface area contributed by atoms with E-state index < -0.39 is 0 Å². The molecule has 1 aliphatic carbocycles. The van der Waals surface area contributed by atoms with Crippen LogP contribution in [0.2, 0.25) is 0 Å². The van der Waals surface area contributed by atoms with E-state index in [-0.39, 0.29) is 12.2 Å². The molecule has 1 heterocycles. The second-order valence-corrected chi connectivity index (χ2v) is 4.99. The van der Waals surface area contributed by atoms with E-state index in [0.29, 0.717) is 5.92 Å². The van der Waals surface area contributed by atoms with Crippen molar-refractivity contribution in [3.8, 4) is 5.75 Å². The Morgan fingerprint density at radius 2 is 1.88 bits per heavy atom. The zero-order valence-corrected chi connectivity index (χ0v) is 9.43. The van der Waals surface area contributed by atoms with E-state index in [0.717, 1.165) is 17.7 Å². The van der Waals surface area contributed by atoms with Gasteiger partial charge in [-0.2, -0.15) is 0 Å². The van der Waals surface area contributed by atoms with Gasteiger partial charge in [0.05, 0.1) is 6.10 Å². The van der Waals surface area contributed by atoms with Crippen molar-refractivity contribution in [1.29, 1.82) is 0 Å². The number of aliphatic hydroxyl groups excluding tert-OH is 1. The van der Waals surface area contributed by atoms with Crippen LogP contribution in [0.4, 0.5) is 0 Å². The summed E-state index contributed by atoms with van der Waals surface area (Å²) < 4.78 is 6.03. The lowest BCUT2D eigenvalue weighted by molar-refractivity contribution is 0.0356. The molecule has 1 fully saturated rings. The summed E-state index contributed by atoms with van der Waals surface area (Å²) in [5.41, 5.74) is 0.955. The Morgan fingerprint density at radius 3 is 2.69 bits per heavy atom. The highest BCUT2D eigenvalue weighted by Crippen LogP contribution is 2.40. The number of hydrogen-bond donors (Lipinski definition) is 1. The standard InChI is InChI=1S/C14H18O2/c15-12-9-14(10-5-1-2-6-10)16-13-8-4-3-7-11(12)13/h3-4,7-8,10,12,14-15H,1-2,5-6,9H2/t12-,14?/m1/s1. The summed E-state index contributed by atoms with van der Waals surface area (Å²) in [6.45, 7) is 0. The summed E-state index contributed by atoms with van der Waals surface area (Å²) in [6.07, 6.45) is 5.83. The molecule has 0 spiro atoms. The fourth-order valence-corrected chi connectivity index (χ4v) is 3.04. The average Bonchev–Trinajstić information content (AvgIpc) is 2.82. The molecule has 0 radical (unpaired) electrons. The normalized spacial score (nSPS) is 29.8. The number of fused-ring (bicyclic) bond motifs is 1. The molecule has 1 aromatic carbocycles. The van der Waals surface area contributed by atoms with Gasteiger partial charge in [-0.25, -0.2) is 0 Å². The van der Waals surface area contributed by atoms with Crippen LogP contribution in [0, 0.1) is 5.92 Å². The molecule has 16 heavy (non-hydrogen) atoms. The number of aliphatic hydroxyl groups is 1. The summed E-state index contributed by atoms with van der Waals surface area (Å²) in [7, 11) is 0. The van der Waals surface area contributed by atoms with Crippen molar-refractivity contribution in [3.05, 3.63) is 29.8 Å². The van der Waals surface area contributed by atoms with E-state index in [1.807, 2.05) is 24.3 Å². The minimum atomic E-state index is -0.337. The monoisotopic (exact) mass is 218 g/mol. The number of rotatable bonds is 1. The Balaban J connectivity index is 1.83. The zero-order chi connectivity index (χ0) is 11.0. The molecular weight excluding hydrogens is 200 g/mol. The number of para-hydroxylation sites is 1. The van der Waals surface area contributed by atoms with Crippen molar-refractivity contribution < 1.29 is 9.84 Å². The maximum atomic E-state index is 10.1. The molecule has 1 aromatic rings.